The summed E-state index contributed by atoms with van der Waals surface area (Å²) in [7, 11) is 0. The quantitative estimate of drug-likeness (QED) is 0.292. The number of aryl methyl sites for hydroxylation is 1. The topological polar surface area (TPSA) is 176 Å². The molecule has 35 heavy (non-hydrogen) atoms. The Balaban J connectivity index is 1.50. The van der Waals surface area contributed by atoms with E-state index in [4.69, 9.17) is 4.74 Å². The molecule has 1 aliphatic heterocycles. The minimum Gasteiger partial charge on any atom is -0.505 e. The van der Waals surface area contributed by atoms with Gasteiger partial charge in [0.15, 0.2) is 17.6 Å². The van der Waals surface area contributed by atoms with E-state index in [-0.39, 0.29) is 22.8 Å². The van der Waals surface area contributed by atoms with Crippen LogP contribution in [0.25, 0.3) is 5.69 Å². The number of esters is 2. The summed E-state index contributed by atoms with van der Waals surface area (Å²) >= 11 is 0. The van der Waals surface area contributed by atoms with Crippen molar-refractivity contribution in [3.05, 3.63) is 77.4 Å². The number of benzene rings is 2. The van der Waals surface area contributed by atoms with E-state index in [2.05, 4.69) is 20.1 Å². The van der Waals surface area contributed by atoms with Crippen LogP contribution in [0.1, 0.15) is 16.1 Å². The molecule has 0 aliphatic carbocycles. The van der Waals surface area contributed by atoms with Crippen molar-refractivity contribution in [2.24, 2.45) is 10.2 Å². The number of para-hydroxylation sites is 1. The van der Waals surface area contributed by atoms with Crippen LogP contribution in [0.3, 0.4) is 0 Å². The first kappa shape index (κ1) is 23.4. The SMILES string of the molecule is Cc1nn(-c2ccccc2)c(O)c1N=Nc1ccccc1C(=O)OCC(O)C1OC(=O)C(O)=C1O. The number of azo groups is 1. The molecule has 3 aromatic rings. The van der Waals surface area contributed by atoms with Gasteiger partial charge in [-0.2, -0.15) is 9.78 Å². The Morgan fingerprint density at radius 1 is 1.11 bits per heavy atom. The highest BCUT2D eigenvalue weighted by molar-refractivity contribution is 5.94. The van der Waals surface area contributed by atoms with Gasteiger partial charge in [-0.05, 0) is 31.2 Å². The lowest BCUT2D eigenvalue weighted by molar-refractivity contribution is -0.147. The molecule has 12 heteroatoms. The Labute approximate surface area is 198 Å². The molecule has 1 aliphatic rings. The molecule has 2 atom stereocenters. The van der Waals surface area contributed by atoms with E-state index in [1.165, 1.54) is 16.8 Å². The van der Waals surface area contributed by atoms with Crippen LogP contribution in [0.15, 0.2) is 76.3 Å². The summed E-state index contributed by atoms with van der Waals surface area (Å²) in [6, 6.07) is 15.0. The van der Waals surface area contributed by atoms with Gasteiger partial charge in [-0.3, -0.25) is 0 Å². The van der Waals surface area contributed by atoms with Gasteiger partial charge in [0.1, 0.15) is 18.4 Å². The van der Waals surface area contributed by atoms with Gasteiger partial charge in [0, 0.05) is 0 Å². The summed E-state index contributed by atoms with van der Waals surface area (Å²) in [6.45, 7) is 0.996. The first-order chi connectivity index (χ1) is 16.8. The van der Waals surface area contributed by atoms with Crippen molar-refractivity contribution in [3.63, 3.8) is 0 Å². The molecule has 0 radical (unpaired) electrons. The number of hydrogen-bond acceptors (Lipinski definition) is 11. The molecule has 12 nitrogen and oxygen atoms in total. The second-order valence-corrected chi connectivity index (χ2v) is 7.45. The second kappa shape index (κ2) is 9.65. The number of carbonyl (C=O) groups is 2. The number of hydrogen-bond donors (Lipinski definition) is 4. The number of nitrogens with zero attached hydrogens (tertiary/aromatic N) is 4. The average molecular weight is 480 g/mol. The van der Waals surface area contributed by atoms with Gasteiger partial charge in [-0.25, -0.2) is 9.59 Å². The number of aromatic hydroxyl groups is 1. The van der Waals surface area contributed by atoms with Gasteiger partial charge >= 0.3 is 11.9 Å². The number of carbonyl (C=O) groups excluding carboxylic acids is 2. The summed E-state index contributed by atoms with van der Waals surface area (Å²) in [6.07, 6.45) is -3.18. The lowest BCUT2D eigenvalue weighted by atomic mass is 10.1. The molecule has 4 N–H and O–H groups in total. The van der Waals surface area contributed by atoms with E-state index in [0.29, 0.717) is 11.4 Å². The molecular formula is C23H20N4O8. The third-order valence-corrected chi connectivity index (χ3v) is 5.06. The molecule has 0 fully saturated rings. The fourth-order valence-corrected chi connectivity index (χ4v) is 3.26. The zero-order valence-electron chi connectivity index (χ0n) is 18.3. The maximum atomic E-state index is 12.6. The summed E-state index contributed by atoms with van der Waals surface area (Å²) in [4.78, 5) is 23.9. The van der Waals surface area contributed by atoms with Crippen LogP contribution in [0.4, 0.5) is 11.4 Å². The normalized spacial score (nSPS) is 16.5. The van der Waals surface area contributed by atoms with E-state index in [1.54, 1.807) is 43.3 Å². The molecule has 0 spiro atoms. The second-order valence-electron chi connectivity index (χ2n) is 7.45. The smallest absolute Gasteiger partial charge is 0.377 e. The Morgan fingerprint density at radius 2 is 1.80 bits per heavy atom. The predicted octanol–water partition coefficient (Wildman–Crippen LogP) is 3.07. The minimum absolute atomic E-state index is 0.00192. The largest absolute Gasteiger partial charge is 0.505 e. The highest BCUT2D eigenvalue weighted by atomic mass is 16.6. The Morgan fingerprint density at radius 3 is 2.49 bits per heavy atom. The lowest BCUT2D eigenvalue weighted by Gasteiger charge is -2.17. The van der Waals surface area contributed by atoms with Crippen molar-refractivity contribution in [1.82, 2.24) is 9.78 Å². The monoisotopic (exact) mass is 480 g/mol. The highest BCUT2D eigenvalue weighted by Gasteiger charge is 2.39. The van der Waals surface area contributed by atoms with Crippen LogP contribution in [0.5, 0.6) is 5.88 Å². The van der Waals surface area contributed by atoms with Crippen LogP contribution < -0.4 is 0 Å². The summed E-state index contributed by atoms with van der Waals surface area (Å²) < 4.78 is 11.0. The molecular weight excluding hydrogens is 460 g/mol. The van der Waals surface area contributed by atoms with Gasteiger partial charge in [-0.1, -0.05) is 30.3 Å². The Bertz CT molecular complexity index is 1330. The lowest BCUT2D eigenvalue weighted by Crippen LogP contribution is -2.33. The van der Waals surface area contributed by atoms with Gasteiger partial charge in [-0.15, -0.1) is 10.2 Å². The first-order valence-corrected chi connectivity index (χ1v) is 10.3. The molecule has 1 aromatic heterocycles. The number of aliphatic hydroxyl groups is 3. The number of aliphatic hydroxyl groups excluding tert-OH is 3. The molecule has 2 aromatic carbocycles. The van der Waals surface area contributed by atoms with E-state index in [0.717, 1.165) is 0 Å². The van der Waals surface area contributed by atoms with Crippen LogP contribution in [-0.2, 0) is 14.3 Å². The van der Waals surface area contributed by atoms with Crippen LogP contribution >= 0.6 is 0 Å². The standard InChI is InChI=1S/C23H20N4O8/c1-12-17(21(31)27(26-12)13-7-3-2-4-8-13)25-24-15-10-6-5-9-14(15)22(32)34-11-16(28)20-18(29)19(30)23(33)35-20/h2-10,16,20,28-31H,11H2,1H3. The van der Waals surface area contributed by atoms with Crippen molar-refractivity contribution < 1.29 is 39.5 Å². The summed E-state index contributed by atoms with van der Waals surface area (Å²) in [5.41, 5.74) is 1.25. The maximum absolute atomic E-state index is 12.6. The molecule has 0 amide bonds. The highest BCUT2D eigenvalue weighted by Crippen LogP contribution is 2.34. The minimum atomic E-state index is -1.62. The van der Waals surface area contributed by atoms with E-state index in [9.17, 15) is 30.0 Å². The van der Waals surface area contributed by atoms with Crippen molar-refractivity contribution in [1.29, 1.82) is 0 Å². The third-order valence-electron chi connectivity index (χ3n) is 5.06. The Hall–Kier alpha value is -4.71. The first-order valence-electron chi connectivity index (χ1n) is 10.3. The molecule has 180 valence electrons. The average Bonchev–Trinajstić information content (AvgIpc) is 3.30. The van der Waals surface area contributed by atoms with Crippen molar-refractivity contribution in [2.75, 3.05) is 6.61 Å². The molecule has 2 unspecified atom stereocenters. The van der Waals surface area contributed by atoms with Gasteiger partial charge in [0.2, 0.25) is 11.6 Å². The van der Waals surface area contributed by atoms with Crippen LogP contribution in [-0.4, -0.2) is 61.0 Å². The fourth-order valence-electron chi connectivity index (χ4n) is 3.26. The predicted molar refractivity (Wildman–Crippen MR) is 119 cm³/mol. The van der Waals surface area contributed by atoms with Crippen molar-refractivity contribution >= 4 is 23.3 Å². The van der Waals surface area contributed by atoms with E-state index < -0.39 is 42.3 Å². The number of cyclic esters (lactones) is 1. The number of ether oxygens (including phenoxy) is 2. The van der Waals surface area contributed by atoms with Gasteiger partial charge in [0.25, 0.3) is 0 Å². The zero-order valence-corrected chi connectivity index (χ0v) is 18.3. The number of aromatic nitrogens is 2. The van der Waals surface area contributed by atoms with Crippen molar-refractivity contribution in [2.45, 2.75) is 19.1 Å². The van der Waals surface area contributed by atoms with E-state index in [1.807, 2.05) is 6.07 Å². The van der Waals surface area contributed by atoms with Crippen LogP contribution in [0.2, 0.25) is 0 Å². The zero-order chi connectivity index (χ0) is 25.1. The van der Waals surface area contributed by atoms with Gasteiger partial charge < -0.3 is 29.9 Å². The third kappa shape index (κ3) is 4.68. The summed E-state index contributed by atoms with van der Waals surface area (Å²) in [5.74, 6) is -4.17. The van der Waals surface area contributed by atoms with Crippen molar-refractivity contribution in [3.8, 4) is 11.6 Å². The van der Waals surface area contributed by atoms with E-state index >= 15 is 0 Å². The molecule has 2 heterocycles. The molecule has 0 saturated heterocycles. The molecule has 4 rings (SSSR count). The molecule has 0 saturated carbocycles. The van der Waals surface area contributed by atoms with Gasteiger partial charge in [0.05, 0.1) is 16.9 Å². The Kier molecular flexibility index (Phi) is 6.46. The maximum Gasteiger partial charge on any atom is 0.377 e. The summed E-state index contributed by atoms with van der Waals surface area (Å²) in [5, 5.41) is 52.0. The van der Waals surface area contributed by atoms with Crippen LogP contribution in [0, 0.1) is 6.92 Å². The molecule has 0 bridgehead atoms. The number of rotatable bonds is 7. The fraction of sp³-hybridized carbons (Fsp3) is 0.174.